The molecule has 0 bridgehead atoms. The first-order valence-corrected chi connectivity index (χ1v) is 8.43. The van der Waals surface area contributed by atoms with Gasteiger partial charge in [0.1, 0.15) is 0 Å². The summed E-state index contributed by atoms with van der Waals surface area (Å²) in [4.78, 5) is 17.2. The predicted octanol–water partition coefficient (Wildman–Crippen LogP) is 0.837. The van der Waals surface area contributed by atoms with Crippen molar-refractivity contribution in [3.8, 4) is 0 Å². The molecule has 3 atom stereocenters. The molecule has 1 saturated heterocycles. The summed E-state index contributed by atoms with van der Waals surface area (Å²) in [6.07, 6.45) is 4.79. The quantitative estimate of drug-likeness (QED) is 0.822. The highest BCUT2D eigenvalue weighted by Gasteiger charge is 2.40. The zero-order valence-electron chi connectivity index (χ0n) is 14.5. The number of rotatable bonds is 4. The fourth-order valence-corrected chi connectivity index (χ4v) is 3.97. The number of aromatic nitrogens is 3. The number of hydrogen-bond acceptors (Lipinski definition) is 5. The third kappa shape index (κ3) is 2.99. The average Bonchev–Trinajstić information content (AvgIpc) is 3.26. The van der Waals surface area contributed by atoms with Crippen LogP contribution in [0.2, 0.25) is 0 Å². The monoisotopic (exact) mass is 321 g/mol. The number of likely N-dealkylation sites (tertiary alicyclic amines) is 1. The van der Waals surface area contributed by atoms with Gasteiger partial charge in [-0.05, 0) is 32.6 Å². The van der Waals surface area contributed by atoms with Crippen LogP contribution in [0.3, 0.4) is 0 Å². The van der Waals surface area contributed by atoms with Crippen molar-refractivity contribution in [3.05, 3.63) is 11.4 Å². The minimum absolute atomic E-state index is 0.0185. The molecule has 0 radical (unpaired) electrons. The van der Waals surface area contributed by atoms with Gasteiger partial charge >= 0.3 is 0 Å². The zero-order chi connectivity index (χ0) is 16.6. The van der Waals surface area contributed by atoms with Gasteiger partial charge < -0.3 is 9.64 Å². The Kier molecular flexibility index (Phi) is 4.68. The van der Waals surface area contributed by atoms with Crippen molar-refractivity contribution in [2.75, 3.05) is 27.2 Å². The van der Waals surface area contributed by atoms with E-state index in [1.807, 2.05) is 25.9 Å². The molecule has 2 fully saturated rings. The van der Waals surface area contributed by atoms with Crippen LogP contribution in [0.4, 0.5) is 0 Å². The van der Waals surface area contributed by atoms with E-state index in [0.717, 1.165) is 38.0 Å². The molecule has 1 aromatic heterocycles. The molecule has 0 spiro atoms. The molecule has 1 aliphatic carbocycles. The third-order valence-electron chi connectivity index (χ3n) is 5.55. The Bertz CT molecular complexity index is 573. The number of carbonyl (C=O) groups is 1. The van der Waals surface area contributed by atoms with E-state index in [2.05, 4.69) is 15.2 Å². The number of ether oxygens (including phenoxy) is 1. The van der Waals surface area contributed by atoms with Gasteiger partial charge in [-0.2, -0.15) is 0 Å². The van der Waals surface area contributed by atoms with E-state index in [0.29, 0.717) is 17.8 Å². The highest BCUT2D eigenvalue weighted by molar-refractivity contribution is 5.93. The van der Waals surface area contributed by atoms with E-state index in [9.17, 15) is 4.79 Å². The minimum Gasteiger partial charge on any atom is -0.380 e. The SMILES string of the molecule is COC1CCN([C@H]2CCC[C@H]2N(C)C(=O)c2nnn(C)c2C)C1. The summed E-state index contributed by atoms with van der Waals surface area (Å²) < 4.78 is 7.14. The molecule has 7 nitrogen and oxygen atoms in total. The topological polar surface area (TPSA) is 63.5 Å². The molecule has 128 valence electrons. The van der Waals surface area contributed by atoms with E-state index >= 15 is 0 Å². The number of likely N-dealkylation sites (N-methyl/N-ethyl adjacent to an activating group) is 1. The van der Waals surface area contributed by atoms with Gasteiger partial charge in [-0.3, -0.25) is 14.4 Å². The van der Waals surface area contributed by atoms with Gasteiger partial charge in [0, 0.05) is 46.4 Å². The predicted molar refractivity (Wildman–Crippen MR) is 86.2 cm³/mol. The van der Waals surface area contributed by atoms with Crippen molar-refractivity contribution in [3.63, 3.8) is 0 Å². The van der Waals surface area contributed by atoms with E-state index < -0.39 is 0 Å². The number of amides is 1. The van der Waals surface area contributed by atoms with Crippen LogP contribution in [0.15, 0.2) is 0 Å². The summed E-state index contributed by atoms with van der Waals surface area (Å²) in [6, 6.07) is 0.681. The van der Waals surface area contributed by atoms with Crippen LogP contribution in [0, 0.1) is 6.92 Å². The van der Waals surface area contributed by atoms with Gasteiger partial charge in [0.05, 0.1) is 11.8 Å². The molecule has 1 unspecified atom stereocenters. The Balaban J connectivity index is 1.72. The molecule has 0 N–H and O–H groups in total. The number of hydrogen-bond donors (Lipinski definition) is 0. The van der Waals surface area contributed by atoms with E-state index in [1.54, 1.807) is 11.8 Å². The third-order valence-corrected chi connectivity index (χ3v) is 5.55. The minimum atomic E-state index is -0.0185. The summed E-state index contributed by atoms with van der Waals surface area (Å²) in [5.41, 5.74) is 1.29. The number of methoxy groups -OCH3 is 1. The Labute approximate surface area is 137 Å². The van der Waals surface area contributed by atoms with Crippen LogP contribution in [0.25, 0.3) is 0 Å². The summed E-state index contributed by atoms with van der Waals surface area (Å²) in [6.45, 7) is 3.92. The summed E-state index contributed by atoms with van der Waals surface area (Å²) in [5, 5.41) is 8.00. The fourth-order valence-electron chi connectivity index (χ4n) is 3.97. The van der Waals surface area contributed by atoms with E-state index in [4.69, 9.17) is 4.74 Å². The maximum absolute atomic E-state index is 12.8. The standard InChI is InChI=1S/C16H27N5O2/c1-11-15(17-18-20(11)3)16(22)19(2)13-6-5-7-14(13)21-9-8-12(10-21)23-4/h12-14H,5-10H2,1-4H3/t12?,13-,14+/m1/s1. The lowest BCUT2D eigenvalue weighted by molar-refractivity contribution is 0.0599. The lowest BCUT2D eigenvalue weighted by Gasteiger charge is -2.35. The normalized spacial score (nSPS) is 28.4. The van der Waals surface area contributed by atoms with Crippen molar-refractivity contribution in [1.82, 2.24) is 24.8 Å². The molecule has 2 heterocycles. The first-order chi connectivity index (χ1) is 11.0. The van der Waals surface area contributed by atoms with Crippen LogP contribution < -0.4 is 0 Å². The lowest BCUT2D eigenvalue weighted by Crippen LogP contribution is -2.49. The molecular formula is C16H27N5O2. The number of carbonyl (C=O) groups excluding carboxylic acids is 1. The van der Waals surface area contributed by atoms with Crippen molar-refractivity contribution in [1.29, 1.82) is 0 Å². The van der Waals surface area contributed by atoms with Crippen molar-refractivity contribution < 1.29 is 9.53 Å². The Morgan fingerprint density at radius 3 is 2.74 bits per heavy atom. The largest absolute Gasteiger partial charge is 0.380 e. The Hall–Kier alpha value is -1.47. The Morgan fingerprint density at radius 1 is 1.35 bits per heavy atom. The molecule has 1 aliphatic heterocycles. The lowest BCUT2D eigenvalue weighted by atomic mass is 10.1. The van der Waals surface area contributed by atoms with Crippen LogP contribution in [0.5, 0.6) is 0 Å². The molecular weight excluding hydrogens is 294 g/mol. The molecule has 0 aromatic carbocycles. The van der Waals surface area contributed by atoms with Crippen molar-refractivity contribution >= 4 is 5.91 Å². The van der Waals surface area contributed by atoms with Gasteiger partial charge in [0.25, 0.3) is 5.91 Å². The second-order valence-electron chi connectivity index (χ2n) is 6.77. The average molecular weight is 321 g/mol. The van der Waals surface area contributed by atoms with Crippen LogP contribution in [0.1, 0.15) is 41.9 Å². The molecule has 3 rings (SSSR count). The molecule has 23 heavy (non-hydrogen) atoms. The molecule has 2 aliphatic rings. The van der Waals surface area contributed by atoms with Gasteiger partial charge in [0.2, 0.25) is 0 Å². The Morgan fingerprint density at radius 2 is 2.13 bits per heavy atom. The smallest absolute Gasteiger partial charge is 0.276 e. The maximum atomic E-state index is 12.8. The van der Waals surface area contributed by atoms with Crippen LogP contribution in [-0.2, 0) is 11.8 Å². The van der Waals surface area contributed by atoms with Gasteiger partial charge in [0.15, 0.2) is 5.69 Å². The first kappa shape index (κ1) is 16.4. The number of nitrogens with zero attached hydrogens (tertiary/aromatic N) is 5. The fraction of sp³-hybridized carbons (Fsp3) is 0.812. The molecule has 1 aromatic rings. The maximum Gasteiger partial charge on any atom is 0.276 e. The summed E-state index contributed by atoms with van der Waals surface area (Å²) in [7, 11) is 5.50. The highest BCUT2D eigenvalue weighted by Crippen LogP contribution is 2.31. The van der Waals surface area contributed by atoms with E-state index in [-0.39, 0.29) is 11.9 Å². The van der Waals surface area contributed by atoms with Gasteiger partial charge in [-0.1, -0.05) is 5.21 Å². The van der Waals surface area contributed by atoms with Crippen molar-refractivity contribution in [2.24, 2.45) is 7.05 Å². The first-order valence-electron chi connectivity index (χ1n) is 8.43. The van der Waals surface area contributed by atoms with Gasteiger partial charge in [-0.25, -0.2) is 0 Å². The second kappa shape index (κ2) is 6.57. The molecule has 1 saturated carbocycles. The molecule has 7 heteroatoms. The van der Waals surface area contributed by atoms with E-state index in [1.165, 1.54) is 6.42 Å². The zero-order valence-corrected chi connectivity index (χ0v) is 14.5. The highest BCUT2D eigenvalue weighted by atomic mass is 16.5. The van der Waals surface area contributed by atoms with Crippen molar-refractivity contribution in [2.45, 2.75) is 50.8 Å². The summed E-state index contributed by atoms with van der Waals surface area (Å²) in [5.74, 6) is -0.0185. The second-order valence-corrected chi connectivity index (χ2v) is 6.77. The number of aryl methyl sites for hydroxylation is 1. The molecule has 1 amide bonds. The van der Waals surface area contributed by atoms with Crippen LogP contribution >= 0.6 is 0 Å². The van der Waals surface area contributed by atoms with Gasteiger partial charge in [-0.15, -0.1) is 5.10 Å². The van der Waals surface area contributed by atoms with Crippen LogP contribution in [-0.4, -0.2) is 76.1 Å². The summed E-state index contributed by atoms with van der Waals surface area (Å²) >= 11 is 0.